The van der Waals surface area contributed by atoms with Crippen molar-refractivity contribution in [2.75, 3.05) is 18.4 Å². The number of aliphatic imine (C=N–C) groups is 1. The summed E-state index contributed by atoms with van der Waals surface area (Å²) in [7, 11) is 0. The molecule has 2 aliphatic rings. The third kappa shape index (κ3) is 2.12. The van der Waals surface area contributed by atoms with Gasteiger partial charge in [-0.2, -0.15) is 0 Å². The Kier molecular flexibility index (Phi) is 3.04. The topological polar surface area (TPSA) is 61.3 Å². The first-order valence-corrected chi connectivity index (χ1v) is 6.61. The second kappa shape index (κ2) is 4.84. The number of nitrogens with zero attached hydrogens (tertiary/aromatic N) is 2. The fourth-order valence-corrected chi connectivity index (χ4v) is 2.62. The predicted molar refractivity (Wildman–Crippen MR) is 72.9 cm³/mol. The molecule has 5 nitrogen and oxygen atoms in total. The highest BCUT2D eigenvalue weighted by Gasteiger charge is 2.27. The van der Waals surface area contributed by atoms with E-state index in [2.05, 4.69) is 38.9 Å². The maximum absolute atomic E-state index is 4.41. The summed E-state index contributed by atoms with van der Waals surface area (Å²) in [5, 5.41) is 10.4. The lowest BCUT2D eigenvalue weighted by atomic mass is 9.93. The van der Waals surface area contributed by atoms with Gasteiger partial charge in [-0.1, -0.05) is 6.92 Å². The predicted octanol–water partition coefficient (Wildman–Crippen LogP) is 0.746. The third-order valence-electron chi connectivity index (χ3n) is 3.61. The summed E-state index contributed by atoms with van der Waals surface area (Å²) >= 11 is 0. The number of hydrogen-bond donors (Lipinski definition) is 3. The molecule has 96 valence electrons. The molecule has 0 bridgehead atoms. The molecule has 0 amide bonds. The van der Waals surface area contributed by atoms with Crippen LogP contribution in [0.5, 0.6) is 0 Å². The van der Waals surface area contributed by atoms with Crippen LogP contribution in [0.3, 0.4) is 0 Å². The van der Waals surface area contributed by atoms with Crippen molar-refractivity contribution in [1.82, 2.24) is 15.6 Å². The van der Waals surface area contributed by atoms with Crippen molar-refractivity contribution in [2.45, 2.75) is 31.8 Å². The van der Waals surface area contributed by atoms with E-state index in [1.165, 1.54) is 11.3 Å². The number of nitrogens with one attached hydrogen (secondary N) is 3. The van der Waals surface area contributed by atoms with E-state index in [0.717, 1.165) is 31.9 Å². The lowest BCUT2D eigenvalue weighted by Gasteiger charge is -2.34. The Bertz CT molecular complexity index is 456. The molecule has 1 aromatic heterocycles. The fraction of sp³-hybridized carbons (Fsp3) is 0.538. The highest BCUT2D eigenvalue weighted by Crippen LogP contribution is 2.25. The van der Waals surface area contributed by atoms with Crippen LogP contribution in [0.15, 0.2) is 23.5 Å². The third-order valence-corrected chi connectivity index (χ3v) is 3.61. The first kappa shape index (κ1) is 11.3. The van der Waals surface area contributed by atoms with Crippen molar-refractivity contribution in [3.05, 3.63) is 24.0 Å². The Hall–Kier alpha value is -1.78. The van der Waals surface area contributed by atoms with Gasteiger partial charge in [0.2, 0.25) is 0 Å². The van der Waals surface area contributed by atoms with E-state index in [9.17, 15) is 0 Å². The van der Waals surface area contributed by atoms with Gasteiger partial charge >= 0.3 is 0 Å². The van der Waals surface area contributed by atoms with E-state index in [1.807, 2.05) is 12.4 Å². The van der Waals surface area contributed by atoms with Gasteiger partial charge in [-0.25, -0.2) is 0 Å². The Morgan fingerprint density at radius 2 is 2.44 bits per heavy atom. The highest BCUT2D eigenvalue weighted by atomic mass is 15.2. The molecule has 0 saturated carbocycles. The Balaban J connectivity index is 1.77. The van der Waals surface area contributed by atoms with Gasteiger partial charge in [-0.15, -0.1) is 0 Å². The van der Waals surface area contributed by atoms with Crippen LogP contribution in [-0.2, 0) is 6.42 Å². The number of pyridine rings is 1. The molecule has 3 rings (SSSR count). The van der Waals surface area contributed by atoms with Crippen molar-refractivity contribution in [1.29, 1.82) is 0 Å². The minimum Gasteiger partial charge on any atom is -0.380 e. The van der Waals surface area contributed by atoms with Gasteiger partial charge in [0.25, 0.3) is 0 Å². The van der Waals surface area contributed by atoms with Crippen molar-refractivity contribution < 1.29 is 0 Å². The van der Waals surface area contributed by atoms with Crippen molar-refractivity contribution in [3.63, 3.8) is 0 Å². The summed E-state index contributed by atoms with van der Waals surface area (Å²) in [6.45, 7) is 4.03. The summed E-state index contributed by atoms with van der Waals surface area (Å²) in [5.41, 5.74) is 2.49. The van der Waals surface area contributed by atoms with Crippen LogP contribution < -0.4 is 16.0 Å². The summed E-state index contributed by atoms with van der Waals surface area (Å²) in [4.78, 5) is 8.61. The van der Waals surface area contributed by atoms with Crippen LogP contribution in [0.2, 0.25) is 0 Å². The first-order chi connectivity index (χ1) is 8.86. The molecule has 0 spiro atoms. The van der Waals surface area contributed by atoms with E-state index >= 15 is 0 Å². The molecule has 0 aromatic carbocycles. The van der Waals surface area contributed by atoms with Crippen LogP contribution >= 0.6 is 0 Å². The number of hydrogen-bond acceptors (Lipinski definition) is 5. The maximum Gasteiger partial charge on any atom is 0.191 e. The van der Waals surface area contributed by atoms with Gasteiger partial charge in [-0.3, -0.25) is 9.98 Å². The van der Waals surface area contributed by atoms with Gasteiger partial charge in [0.05, 0.1) is 12.6 Å². The zero-order valence-electron chi connectivity index (χ0n) is 10.6. The molecule has 3 N–H and O–H groups in total. The van der Waals surface area contributed by atoms with E-state index in [1.54, 1.807) is 0 Å². The van der Waals surface area contributed by atoms with Crippen molar-refractivity contribution in [3.8, 4) is 0 Å². The molecule has 0 fully saturated rings. The molecular formula is C13H19N5. The van der Waals surface area contributed by atoms with Gasteiger partial charge in [0.15, 0.2) is 5.96 Å². The zero-order chi connectivity index (χ0) is 12.4. The van der Waals surface area contributed by atoms with Gasteiger partial charge in [0, 0.05) is 30.7 Å². The normalized spacial score (nSPS) is 25.7. The minimum absolute atomic E-state index is 0.371. The lowest BCUT2D eigenvalue weighted by molar-refractivity contribution is 0.479. The average molecular weight is 245 g/mol. The van der Waals surface area contributed by atoms with E-state index < -0.39 is 0 Å². The Morgan fingerprint density at radius 3 is 3.22 bits per heavy atom. The zero-order valence-corrected chi connectivity index (χ0v) is 10.6. The molecule has 2 aliphatic heterocycles. The monoisotopic (exact) mass is 245 g/mol. The molecule has 3 heterocycles. The van der Waals surface area contributed by atoms with Crippen LogP contribution in [0.1, 0.15) is 18.9 Å². The summed E-state index contributed by atoms with van der Waals surface area (Å²) < 4.78 is 0. The van der Waals surface area contributed by atoms with Gasteiger partial charge in [0.1, 0.15) is 0 Å². The van der Waals surface area contributed by atoms with Crippen LogP contribution in [0.4, 0.5) is 5.69 Å². The second-order valence-corrected chi connectivity index (χ2v) is 4.80. The van der Waals surface area contributed by atoms with Crippen molar-refractivity contribution in [2.24, 2.45) is 4.99 Å². The Labute approximate surface area is 107 Å². The first-order valence-electron chi connectivity index (χ1n) is 6.61. The molecule has 18 heavy (non-hydrogen) atoms. The van der Waals surface area contributed by atoms with E-state index in [0.29, 0.717) is 12.1 Å². The quantitative estimate of drug-likeness (QED) is 0.719. The summed E-state index contributed by atoms with van der Waals surface area (Å²) in [6, 6.07) is 2.86. The SMILES string of the molecule is CCC1Nc2ccncc2CC1NC1=NCCN1. The number of anilines is 1. The van der Waals surface area contributed by atoms with Crippen LogP contribution in [0, 0.1) is 0 Å². The number of guanidine groups is 1. The van der Waals surface area contributed by atoms with Crippen LogP contribution in [0.25, 0.3) is 0 Å². The number of aromatic nitrogens is 1. The number of rotatable bonds is 2. The molecule has 5 heteroatoms. The lowest BCUT2D eigenvalue weighted by Crippen LogP contribution is -2.52. The standard InChI is InChI=1S/C13H19N5/c1-2-10-12(18-13-15-5-6-16-13)7-9-8-14-4-3-11(9)17-10/h3-4,8,10,12,17H,2,5-7H2,1H3,(H2,15,16,18). The largest absolute Gasteiger partial charge is 0.380 e. The summed E-state index contributed by atoms with van der Waals surface area (Å²) in [6.07, 6.45) is 5.88. The van der Waals surface area contributed by atoms with E-state index in [4.69, 9.17) is 0 Å². The Morgan fingerprint density at radius 1 is 1.50 bits per heavy atom. The molecule has 0 radical (unpaired) electrons. The molecule has 2 unspecified atom stereocenters. The highest BCUT2D eigenvalue weighted by molar-refractivity contribution is 5.81. The average Bonchev–Trinajstić information content (AvgIpc) is 2.91. The minimum atomic E-state index is 0.371. The van der Waals surface area contributed by atoms with Gasteiger partial charge in [-0.05, 0) is 24.5 Å². The van der Waals surface area contributed by atoms with E-state index in [-0.39, 0.29) is 0 Å². The van der Waals surface area contributed by atoms with Gasteiger partial charge < -0.3 is 16.0 Å². The molecule has 0 saturated heterocycles. The number of fused-ring (bicyclic) bond motifs is 1. The smallest absolute Gasteiger partial charge is 0.191 e. The maximum atomic E-state index is 4.41. The van der Waals surface area contributed by atoms with Crippen LogP contribution in [-0.4, -0.2) is 36.1 Å². The molecular weight excluding hydrogens is 226 g/mol. The molecule has 1 aromatic rings. The summed E-state index contributed by atoms with van der Waals surface area (Å²) in [5.74, 6) is 0.938. The fourth-order valence-electron chi connectivity index (χ4n) is 2.62. The second-order valence-electron chi connectivity index (χ2n) is 4.80. The molecule has 0 aliphatic carbocycles. The molecule has 2 atom stereocenters. The van der Waals surface area contributed by atoms with Crippen molar-refractivity contribution >= 4 is 11.6 Å².